The number of hydrogen-bond acceptors (Lipinski definition) is 13. The van der Waals surface area contributed by atoms with Gasteiger partial charge in [0, 0.05) is 43.5 Å². The highest BCUT2D eigenvalue weighted by Crippen LogP contribution is 2.58. The minimum Gasteiger partial charge on any atom is -0.497 e. The first-order chi connectivity index (χ1) is 22.5. The Morgan fingerprint density at radius 3 is 2.38 bits per heavy atom. The predicted molar refractivity (Wildman–Crippen MR) is 159 cm³/mol. The number of carbonyl (C=O) groups excluding carboxylic acids is 4. The molecular weight excluding hydrogens is 616 g/mol. The average Bonchev–Trinajstić information content (AvgIpc) is 3.33. The van der Waals surface area contributed by atoms with Crippen LogP contribution in [0.25, 0.3) is 0 Å². The first kappa shape index (κ1) is 31.8. The molecule has 2 unspecified atom stereocenters. The van der Waals surface area contributed by atoms with Gasteiger partial charge in [0.15, 0.2) is 11.7 Å². The fourth-order valence-corrected chi connectivity index (χ4v) is 6.25. The van der Waals surface area contributed by atoms with E-state index in [9.17, 15) is 24.3 Å². The summed E-state index contributed by atoms with van der Waals surface area (Å²) >= 11 is 0. The fourth-order valence-electron chi connectivity index (χ4n) is 6.25. The van der Waals surface area contributed by atoms with E-state index in [-0.39, 0.29) is 30.1 Å². The van der Waals surface area contributed by atoms with E-state index in [2.05, 4.69) is 0 Å². The Bertz CT molecular complexity index is 1750. The Kier molecular flexibility index (Phi) is 8.51. The molecular formula is C34H32O13. The van der Waals surface area contributed by atoms with Crippen LogP contribution in [0, 0.1) is 0 Å². The lowest BCUT2D eigenvalue weighted by molar-refractivity contribution is -0.246. The summed E-state index contributed by atoms with van der Waals surface area (Å²) in [5.41, 5.74) is 0.812. The summed E-state index contributed by atoms with van der Waals surface area (Å²) in [7, 11) is 1.51. The smallest absolute Gasteiger partial charge is 0.340 e. The first-order valence-corrected chi connectivity index (χ1v) is 14.8. The predicted octanol–water partition coefficient (Wildman–Crippen LogP) is 3.68. The summed E-state index contributed by atoms with van der Waals surface area (Å²) in [6.45, 7) is 2.73. The van der Waals surface area contributed by atoms with Gasteiger partial charge in [-0.05, 0) is 30.3 Å². The number of esters is 4. The second kappa shape index (κ2) is 12.6. The number of carbonyl (C=O) groups is 4. The maximum absolute atomic E-state index is 13.2. The highest BCUT2D eigenvalue weighted by atomic mass is 16.7. The molecule has 5 atom stereocenters. The van der Waals surface area contributed by atoms with Gasteiger partial charge in [0.2, 0.25) is 6.29 Å². The van der Waals surface area contributed by atoms with Gasteiger partial charge in [-0.2, -0.15) is 0 Å². The van der Waals surface area contributed by atoms with Crippen molar-refractivity contribution in [1.82, 2.24) is 0 Å². The molecule has 1 spiro atoms. The second-order valence-electron chi connectivity index (χ2n) is 11.1. The molecule has 1 saturated heterocycles. The van der Waals surface area contributed by atoms with Gasteiger partial charge in [0.1, 0.15) is 41.8 Å². The summed E-state index contributed by atoms with van der Waals surface area (Å²) < 4.78 is 46.4. The molecule has 1 N–H and O–H groups in total. The number of aliphatic hydroxyl groups excluding tert-OH is 1. The Morgan fingerprint density at radius 1 is 0.936 bits per heavy atom. The average molecular weight is 649 g/mol. The Labute approximate surface area is 269 Å². The van der Waals surface area contributed by atoms with Gasteiger partial charge in [-0.3, -0.25) is 14.4 Å². The van der Waals surface area contributed by atoms with Crippen molar-refractivity contribution in [3.63, 3.8) is 0 Å². The molecule has 0 radical (unpaired) electrons. The van der Waals surface area contributed by atoms with Crippen LogP contribution < -0.4 is 14.2 Å². The standard InChI is InChI=1S/C34H32O13/c1-17(36)41-16-29-32(43-19(3)38)28(42-18(2)37)14-30(45-29)44-26-12-11-25-31(22(26)15-35)46-27-13-20(40-4)9-10-24(27)34(25)23-8-6-5-7-21(23)33(39)47-34/h5-13,28-30,32,35H,14-16H2,1-4H3/t28-,29-,30?,32-,34?/m1/s1. The zero-order chi connectivity index (χ0) is 33.5. The highest BCUT2D eigenvalue weighted by molar-refractivity contribution is 5.97. The third kappa shape index (κ3) is 5.72. The van der Waals surface area contributed by atoms with Crippen molar-refractivity contribution < 1.29 is 62.2 Å². The summed E-state index contributed by atoms with van der Waals surface area (Å²) in [4.78, 5) is 48.7. The third-order valence-corrected chi connectivity index (χ3v) is 8.12. The molecule has 0 amide bonds. The highest BCUT2D eigenvalue weighted by Gasteiger charge is 2.54. The Morgan fingerprint density at radius 2 is 1.68 bits per heavy atom. The van der Waals surface area contributed by atoms with Crippen LogP contribution in [0.3, 0.4) is 0 Å². The third-order valence-electron chi connectivity index (χ3n) is 8.12. The van der Waals surface area contributed by atoms with Crippen molar-refractivity contribution >= 4 is 23.9 Å². The van der Waals surface area contributed by atoms with E-state index in [0.717, 1.165) is 0 Å². The number of fused-ring (bicyclic) bond motifs is 6. The number of hydrogen-bond donors (Lipinski definition) is 1. The molecule has 47 heavy (non-hydrogen) atoms. The molecule has 3 aliphatic rings. The van der Waals surface area contributed by atoms with Gasteiger partial charge < -0.3 is 43.0 Å². The topological polar surface area (TPSA) is 162 Å². The molecule has 3 aromatic rings. The van der Waals surface area contributed by atoms with Crippen molar-refractivity contribution in [2.45, 2.75) is 64.0 Å². The van der Waals surface area contributed by atoms with Gasteiger partial charge in [0.25, 0.3) is 0 Å². The fraction of sp³-hybridized carbons (Fsp3) is 0.353. The van der Waals surface area contributed by atoms with Crippen LogP contribution in [-0.4, -0.2) is 67.3 Å². The monoisotopic (exact) mass is 648 g/mol. The molecule has 0 aliphatic carbocycles. The number of aliphatic hydroxyl groups is 1. The number of rotatable bonds is 8. The van der Waals surface area contributed by atoms with Crippen LogP contribution in [0.15, 0.2) is 54.6 Å². The van der Waals surface area contributed by atoms with E-state index in [1.807, 2.05) is 0 Å². The minimum atomic E-state index is -1.40. The number of methoxy groups -OCH3 is 1. The lowest BCUT2D eigenvalue weighted by atomic mass is 9.77. The van der Waals surface area contributed by atoms with Crippen molar-refractivity contribution in [1.29, 1.82) is 0 Å². The van der Waals surface area contributed by atoms with Gasteiger partial charge in [0.05, 0.1) is 31.3 Å². The molecule has 0 saturated carbocycles. The first-order valence-electron chi connectivity index (χ1n) is 14.8. The van der Waals surface area contributed by atoms with Gasteiger partial charge in [-0.1, -0.05) is 18.2 Å². The lowest BCUT2D eigenvalue weighted by Gasteiger charge is -2.40. The van der Waals surface area contributed by atoms with E-state index in [1.54, 1.807) is 54.6 Å². The second-order valence-corrected chi connectivity index (χ2v) is 11.1. The maximum atomic E-state index is 13.2. The van der Waals surface area contributed by atoms with E-state index in [0.29, 0.717) is 33.8 Å². The van der Waals surface area contributed by atoms with Crippen molar-refractivity contribution in [3.05, 3.63) is 82.4 Å². The molecule has 0 aromatic heterocycles. The van der Waals surface area contributed by atoms with E-state index >= 15 is 0 Å². The SMILES string of the molecule is COc1ccc2c(c1)Oc1c(ccc(OC3C[C@@H](OC(C)=O)[C@@H](OC(C)=O)[C@@H](COC(C)=O)O3)c1CO)C21OC(=O)c2ccccc21. The van der Waals surface area contributed by atoms with Crippen LogP contribution in [0.1, 0.15) is 59.8 Å². The Hall–Kier alpha value is -5.14. The summed E-state index contributed by atoms with van der Waals surface area (Å²) in [6, 6.07) is 15.5. The van der Waals surface area contributed by atoms with Gasteiger partial charge in [-0.15, -0.1) is 0 Å². The van der Waals surface area contributed by atoms with Gasteiger partial charge in [-0.25, -0.2) is 4.79 Å². The molecule has 6 rings (SSSR count). The molecule has 3 aromatic carbocycles. The van der Waals surface area contributed by atoms with Gasteiger partial charge >= 0.3 is 23.9 Å². The summed E-state index contributed by atoms with van der Waals surface area (Å²) in [5, 5.41) is 10.7. The summed E-state index contributed by atoms with van der Waals surface area (Å²) in [6.07, 6.45) is -4.37. The van der Waals surface area contributed by atoms with Crippen molar-refractivity contribution in [2.75, 3.05) is 13.7 Å². The van der Waals surface area contributed by atoms with E-state index in [4.69, 9.17) is 37.9 Å². The quantitative estimate of drug-likeness (QED) is 0.278. The molecule has 246 valence electrons. The number of ether oxygens (including phenoxy) is 8. The molecule has 0 bridgehead atoms. The zero-order valence-corrected chi connectivity index (χ0v) is 26.0. The normalized spacial score (nSPS) is 23.7. The molecule has 3 aliphatic heterocycles. The Balaban J connectivity index is 1.42. The molecule has 13 nitrogen and oxygen atoms in total. The lowest BCUT2D eigenvalue weighted by Crippen LogP contribution is -2.54. The van der Waals surface area contributed by atoms with E-state index < -0.39 is 60.7 Å². The van der Waals surface area contributed by atoms with Crippen molar-refractivity contribution in [2.24, 2.45) is 0 Å². The zero-order valence-electron chi connectivity index (χ0n) is 26.0. The molecule has 1 fully saturated rings. The summed E-state index contributed by atoms with van der Waals surface area (Å²) in [5.74, 6) is -1.24. The molecule has 13 heteroatoms. The van der Waals surface area contributed by atoms with Crippen LogP contribution in [0.2, 0.25) is 0 Å². The van der Waals surface area contributed by atoms with Crippen LogP contribution in [0.5, 0.6) is 23.0 Å². The molecule has 3 heterocycles. The van der Waals surface area contributed by atoms with Crippen LogP contribution >= 0.6 is 0 Å². The largest absolute Gasteiger partial charge is 0.497 e. The minimum absolute atomic E-state index is 0.0775. The van der Waals surface area contributed by atoms with Crippen LogP contribution in [-0.2, 0) is 50.3 Å². The van der Waals surface area contributed by atoms with Crippen LogP contribution in [0.4, 0.5) is 0 Å². The van der Waals surface area contributed by atoms with Crippen molar-refractivity contribution in [3.8, 4) is 23.0 Å². The maximum Gasteiger partial charge on any atom is 0.340 e. The van der Waals surface area contributed by atoms with E-state index in [1.165, 1.54) is 27.9 Å². The number of benzene rings is 3.